The highest BCUT2D eigenvalue weighted by molar-refractivity contribution is 7.89. The molecule has 0 aliphatic carbocycles. The highest BCUT2D eigenvalue weighted by Gasteiger charge is 2.30. The summed E-state index contributed by atoms with van der Waals surface area (Å²) in [6.07, 6.45) is 1.46. The van der Waals surface area contributed by atoms with Gasteiger partial charge in [0.05, 0.1) is 24.2 Å². The van der Waals surface area contributed by atoms with Gasteiger partial charge in [-0.1, -0.05) is 0 Å². The summed E-state index contributed by atoms with van der Waals surface area (Å²) in [5.74, 6) is 0.641. The molecule has 2 aliphatic heterocycles. The van der Waals surface area contributed by atoms with Gasteiger partial charge in [-0.2, -0.15) is 4.72 Å². The normalized spacial score (nSPS) is 21.7. The predicted octanol–water partition coefficient (Wildman–Crippen LogP) is 0.0743. The van der Waals surface area contributed by atoms with Crippen molar-refractivity contribution in [1.29, 1.82) is 0 Å². The minimum absolute atomic E-state index is 0.0366. The Hall–Kier alpha value is -1.84. The Morgan fingerprint density at radius 1 is 1.32 bits per heavy atom. The fourth-order valence-electron chi connectivity index (χ4n) is 2.92. The molecule has 1 aromatic carbocycles. The zero-order chi connectivity index (χ0) is 18.0. The van der Waals surface area contributed by atoms with Crippen molar-refractivity contribution in [2.24, 2.45) is 5.73 Å². The molecule has 1 fully saturated rings. The Labute approximate surface area is 147 Å². The van der Waals surface area contributed by atoms with Crippen molar-refractivity contribution in [3.05, 3.63) is 18.2 Å². The van der Waals surface area contributed by atoms with Crippen LogP contribution in [0.1, 0.15) is 19.8 Å². The molecule has 2 atom stereocenters. The number of sulfonamides is 1. The van der Waals surface area contributed by atoms with Crippen molar-refractivity contribution in [3.63, 3.8) is 0 Å². The first-order valence-electron chi connectivity index (χ1n) is 8.33. The van der Waals surface area contributed by atoms with Gasteiger partial charge in [0.1, 0.15) is 0 Å². The monoisotopic (exact) mass is 369 g/mol. The number of nitrogens with two attached hydrogens (primary N) is 1. The summed E-state index contributed by atoms with van der Waals surface area (Å²) in [4.78, 5) is 14.0. The largest absolute Gasteiger partial charge is 0.490 e. The summed E-state index contributed by atoms with van der Waals surface area (Å²) in [7, 11) is -3.86. The lowest BCUT2D eigenvalue weighted by Gasteiger charge is -2.21. The topological polar surface area (TPSA) is 111 Å². The SMILES string of the molecule is CC(NS(=O)(=O)c1ccc2c(c1)OCCCO2)C(=O)N1CC[C@@H](N)C1. The van der Waals surface area contributed by atoms with E-state index in [9.17, 15) is 13.2 Å². The average Bonchev–Trinajstić information content (AvgIpc) is 2.87. The summed E-state index contributed by atoms with van der Waals surface area (Å²) >= 11 is 0. The number of hydrogen-bond acceptors (Lipinski definition) is 6. The molecule has 9 heteroatoms. The highest BCUT2D eigenvalue weighted by atomic mass is 32.2. The van der Waals surface area contributed by atoms with E-state index in [1.807, 2.05) is 0 Å². The maximum atomic E-state index is 12.6. The fourth-order valence-corrected chi connectivity index (χ4v) is 4.14. The molecule has 0 aromatic heterocycles. The van der Waals surface area contributed by atoms with Crippen molar-refractivity contribution in [2.45, 2.75) is 36.7 Å². The molecule has 2 aliphatic rings. The van der Waals surface area contributed by atoms with Crippen molar-refractivity contribution in [1.82, 2.24) is 9.62 Å². The van der Waals surface area contributed by atoms with Crippen LogP contribution in [-0.2, 0) is 14.8 Å². The maximum Gasteiger partial charge on any atom is 0.241 e. The van der Waals surface area contributed by atoms with Crippen LogP contribution in [-0.4, -0.2) is 57.6 Å². The quantitative estimate of drug-likeness (QED) is 0.777. The van der Waals surface area contributed by atoms with Crippen LogP contribution in [0, 0.1) is 0 Å². The summed E-state index contributed by atoms with van der Waals surface area (Å²) in [6.45, 7) is 3.53. The zero-order valence-corrected chi connectivity index (χ0v) is 14.9. The van der Waals surface area contributed by atoms with E-state index in [0.717, 1.165) is 12.8 Å². The second-order valence-corrected chi connectivity index (χ2v) is 8.05. The molecule has 1 saturated heterocycles. The standard InChI is InChI=1S/C16H23N3O5S/c1-11(16(20)19-6-5-12(17)10-19)18-25(21,22)13-3-4-14-15(9-13)24-8-2-7-23-14/h3-4,9,11-12,18H,2,5-8,10,17H2,1H3/t11?,12-/m1/s1. The maximum absolute atomic E-state index is 12.6. The smallest absolute Gasteiger partial charge is 0.241 e. The molecule has 138 valence electrons. The summed E-state index contributed by atoms with van der Waals surface area (Å²) in [5, 5.41) is 0. The second-order valence-electron chi connectivity index (χ2n) is 6.34. The number of carbonyl (C=O) groups excluding carboxylic acids is 1. The molecule has 3 rings (SSSR count). The third-order valence-corrected chi connectivity index (χ3v) is 5.81. The van der Waals surface area contributed by atoms with Crippen molar-refractivity contribution < 1.29 is 22.7 Å². The Kier molecular flexibility index (Phi) is 5.16. The number of nitrogens with zero attached hydrogens (tertiary/aromatic N) is 1. The molecule has 0 saturated carbocycles. The minimum atomic E-state index is -3.86. The third-order valence-electron chi connectivity index (χ3n) is 4.27. The molecule has 1 unspecified atom stereocenters. The zero-order valence-electron chi connectivity index (χ0n) is 14.1. The molecule has 8 nitrogen and oxygen atoms in total. The Balaban J connectivity index is 1.73. The Morgan fingerprint density at radius 3 is 2.72 bits per heavy atom. The molecule has 0 spiro atoms. The fraction of sp³-hybridized carbons (Fsp3) is 0.562. The first kappa shape index (κ1) is 18.0. The van der Waals surface area contributed by atoms with Gasteiger partial charge in [0.2, 0.25) is 15.9 Å². The molecule has 25 heavy (non-hydrogen) atoms. The van der Waals surface area contributed by atoms with E-state index in [1.54, 1.807) is 11.0 Å². The van der Waals surface area contributed by atoms with Crippen molar-refractivity contribution in [2.75, 3.05) is 26.3 Å². The molecule has 1 amide bonds. The lowest BCUT2D eigenvalue weighted by Crippen LogP contribution is -2.46. The van der Waals surface area contributed by atoms with Crippen LogP contribution in [0.4, 0.5) is 0 Å². The van der Waals surface area contributed by atoms with E-state index < -0.39 is 16.1 Å². The number of carbonyl (C=O) groups is 1. The van der Waals surface area contributed by atoms with Crippen LogP contribution in [0.5, 0.6) is 11.5 Å². The van der Waals surface area contributed by atoms with Gasteiger partial charge in [-0.3, -0.25) is 4.79 Å². The number of hydrogen-bond donors (Lipinski definition) is 2. The number of ether oxygens (including phenoxy) is 2. The van der Waals surface area contributed by atoms with Crippen LogP contribution in [0.3, 0.4) is 0 Å². The number of nitrogens with one attached hydrogen (secondary N) is 1. The molecular weight excluding hydrogens is 346 g/mol. The number of rotatable bonds is 4. The summed E-state index contributed by atoms with van der Waals surface area (Å²) < 4.78 is 38.6. The molecule has 3 N–H and O–H groups in total. The van der Waals surface area contributed by atoms with Crippen LogP contribution in [0.25, 0.3) is 0 Å². The van der Waals surface area contributed by atoms with Gasteiger partial charge >= 0.3 is 0 Å². The van der Waals surface area contributed by atoms with Gasteiger partial charge in [-0.25, -0.2) is 8.42 Å². The summed E-state index contributed by atoms with van der Waals surface area (Å²) in [5.41, 5.74) is 5.80. The lowest BCUT2D eigenvalue weighted by molar-refractivity contribution is -0.131. The van der Waals surface area contributed by atoms with Crippen molar-refractivity contribution in [3.8, 4) is 11.5 Å². The van der Waals surface area contributed by atoms with Crippen LogP contribution < -0.4 is 19.9 Å². The third kappa shape index (κ3) is 4.05. The van der Waals surface area contributed by atoms with Crippen LogP contribution >= 0.6 is 0 Å². The van der Waals surface area contributed by atoms with Gasteiger partial charge in [0.15, 0.2) is 11.5 Å². The highest BCUT2D eigenvalue weighted by Crippen LogP contribution is 2.31. The van der Waals surface area contributed by atoms with E-state index in [2.05, 4.69) is 4.72 Å². The molecular formula is C16H23N3O5S. The van der Waals surface area contributed by atoms with Crippen molar-refractivity contribution >= 4 is 15.9 Å². The van der Waals surface area contributed by atoms with E-state index in [-0.39, 0.29) is 16.8 Å². The van der Waals surface area contributed by atoms with E-state index in [0.29, 0.717) is 37.8 Å². The number of likely N-dealkylation sites (tertiary alicyclic amines) is 1. The van der Waals surface area contributed by atoms with Crippen LogP contribution in [0.2, 0.25) is 0 Å². The predicted molar refractivity (Wildman–Crippen MR) is 91.0 cm³/mol. The van der Waals surface area contributed by atoms with E-state index in [1.165, 1.54) is 19.1 Å². The minimum Gasteiger partial charge on any atom is -0.490 e. The van der Waals surface area contributed by atoms with Crippen LogP contribution in [0.15, 0.2) is 23.1 Å². The van der Waals surface area contributed by atoms with Gasteiger partial charge in [0, 0.05) is 31.6 Å². The van der Waals surface area contributed by atoms with Gasteiger partial charge < -0.3 is 20.1 Å². The molecule has 2 heterocycles. The van der Waals surface area contributed by atoms with Gasteiger partial charge in [-0.15, -0.1) is 0 Å². The molecule has 0 radical (unpaired) electrons. The Bertz CT molecular complexity index is 752. The summed E-state index contributed by atoms with van der Waals surface area (Å²) in [6, 6.07) is 3.52. The number of benzene rings is 1. The second kappa shape index (κ2) is 7.19. The average molecular weight is 369 g/mol. The first-order chi connectivity index (χ1) is 11.9. The number of amides is 1. The lowest BCUT2D eigenvalue weighted by atomic mass is 10.3. The molecule has 0 bridgehead atoms. The number of fused-ring (bicyclic) bond motifs is 1. The van der Waals surface area contributed by atoms with E-state index >= 15 is 0 Å². The first-order valence-corrected chi connectivity index (χ1v) is 9.81. The van der Waals surface area contributed by atoms with Gasteiger partial charge in [-0.05, 0) is 25.5 Å². The molecule has 1 aromatic rings. The Morgan fingerprint density at radius 2 is 2.04 bits per heavy atom. The van der Waals surface area contributed by atoms with Gasteiger partial charge in [0.25, 0.3) is 0 Å². The van der Waals surface area contributed by atoms with E-state index in [4.69, 9.17) is 15.2 Å².